The number of aryl methyl sites for hydroxylation is 2. The lowest BCUT2D eigenvalue weighted by atomic mass is 10.2. The summed E-state index contributed by atoms with van der Waals surface area (Å²) in [6.45, 7) is 4.01. The van der Waals surface area contributed by atoms with Crippen molar-refractivity contribution >= 4 is 22.9 Å². The summed E-state index contributed by atoms with van der Waals surface area (Å²) in [7, 11) is 0. The summed E-state index contributed by atoms with van der Waals surface area (Å²) >= 11 is 1.58. The third kappa shape index (κ3) is 4.42. The number of amides is 1. The smallest absolute Gasteiger partial charge is 0.255 e. The van der Waals surface area contributed by atoms with Crippen molar-refractivity contribution < 1.29 is 13.9 Å². The molecule has 0 aliphatic carbocycles. The van der Waals surface area contributed by atoms with Gasteiger partial charge in [-0.15, -0.1) is 11.3 Å². The second-order valence-electron chi connectivity index (χ2n) is 5.59. The SMILES string of the molecule is Cc1nc(COc2ccc(C(=O)Nc3ccc(C)c(F)c3)cc2)cs1. The second-order valence-corrected chi connectivity index (χ2v) is 6.65. The maximum atomic E-state index is 13.5. The molecule has 25 heavy (non-hydrogen) atoms. The molecule has 3 rings (SSSR count). The van der Waals surface area contributed by atoms with Gasteiger partial charge in [-0.2, -0.15) is 0 Å². The second kappa shape index (κ2) is 7.44. The number of rotatable bonds is 5. The van der Waals surface area contributed by atoms with E-state index in [0.29, 0.717) is 29.2 Å². The summed E-state index contributed by atoms with van der Waals surface area (Å²) in [6.07, 6.45) is 0. The average Bonchev–Trinajstić information content (AvgIpc) is 3.02. The predicted octanol–water partition coefficient (Wildman–Crippen LogP) is 4.73. The minimum atomic E-state index is -0.348. The zero-order chi connectivity index (χ0) is 17.8. The highest BCUT2D eigenvalue weighted by molar-refractivity contribution is 7.09. The van der Waals surface area contributed by atoms with E-state index in [1.54, 1.807) is 54.7 Å². The molecule has 0 fully saturated rings. The van der Waals surface area contributed by atoms with Gasteiger partial charge in [-0.3, -0.25) is 4.79 Å². The van der Waals surface area contributed by atoms with E-state index < -0.39 is 0 Å². The number of thiazole rings is 1. The van der Waals surface area contributed by atoms with Crippen molar-refractivity contribution in [3.63, 3.8) is 0 Å². The largest absolute Gasteiger partial charge is 0.487 e. The van der Waals surface area contributed by atoms with E-state index in [2.05, 4.69) is 10.3 Å². The summed E-state index contributed by atoms with van der Waals surface area (Å²) in [5.41, 5.74) is 2.31. The summed E-state index contributed by atoms with van der Waals surface area (Å²) < 4.78 is 19.2. The number of hydrogen-bond donors (Lipinski definition) is 1. The van der Waals surface area contributed by atoms with Gasteiger partial charge in [0, 0.05) is 16.6 Å². The van der Waals surface area contributed by atoms with Crippen molar-refractivity contribution in [2.75, 3.05) is 5.32 Å². The van der Waals surface area contributed by atoms with Crippen molar-refractivity contribution in [2.24, 2.45) is 0 Å². The van der Waals surface area contributed by atoms with E-state index in [0.717, 1.165) is 10.7 Å². The van der Waals surface area contributed by atoms with Gasteiger partial charge in [-0.25, -0.2) is 9.37 Å². The van der Waals surface area contributed by atoms with Gasteiger partial charge in [-0.1, -0.05) is 6.07 Å². The minimum Gasteiger partial charge on any atom is -0.487 e. The van der Waals surface area contributed by atoms with Crippen LogP contribution >= 0.6 is 11.3 Å². The number of nitrogens with zero attached hydrogens (tertiary/aromatic N) is 1. The van der Waals surface area contributed by atoms with E-state index in [9.17, 15) is 9.18 Å². The Bertz CT molecular complexity index is 891. The number of nitrogens with one attached hydrogen (secondary N) is 1. The van der Waals surface area contributed by atoms with Gasteiger partial charge < -0.3 is 10.1 Å². The van der Waals surface area contributed by atoms with Gasteiger partial charge in [-0.05, 0) is 55.8 Å². The Labute approximate surface area is 149 Å². The molecule has 1 heterocycles. The summed E-state index contributed by atoms with van der Waals surface area (Å²) in [5, 5.41) is 5.63. The van der Waals surface area contributed by atoms with Crippen molar-refractivity contribution in [2.45, 2.75) is 20.5 Å². The molecular formula is C19H17FN2O2S. The Morgan fingerprint density at radius 1 is 1.20 bits per heavy atom. The zero-order valence-electron chi connectivity index (χ0n) is 13.9. The number of hydrogen-bond acceptors (Lipinski definition) is 4. The molecule has 0 aliphatic heterocycles. The average molecular weight is 356 g/mol. The summed E-state index contributed by atoms with van der Waals surface area (Å²) in [4.78, 5) is 16.6. The molecule has 6 heteroatoms. The first-order valence-corrected chi connectivity index (χ1v) is 8.60. The highest BCUT2D eigenvalue weighted by atomic mass is 32.1. The quantitative estimate of drug-likeness (QED) is 0.719. The molecule has 1 amide bonds. The van der Waals surface area contributed by atoms with Crippen LogP contribution in [-0.4, -0.2) is 10.9 Å². The third-order valence-electron chi connectivity index (χ3n) is 3.60. The maximum Gasteiger partial charge on any atom is 0.255 e. The molecule has 0 bridgehead atoms. The van der Waals surface area contributed by atoms with Gasteiger partial charge >= 0.3 is 0 Å². The van der Waals surface area contributed by atoms with E-state index in [1.807, 2.05) is 12.3 Å². The lowest BCUT2D eigenvalue weighted by molar-refractivity contribution is 0.102. The molecule has 0 spiro atoms. The van der Waals surface area contributed by atoms with Crippen molar-refractivity contribution in [3.8, 4) is 5.75 Å². The topological polar surface area (TPSA) is 51.2 Å². The molecule has 128 valence electrons. The van der Waals surface area contributed by atoms with Gasteiger partial charge in [0.15, 0.2) is 0 Å². The highest BCUT2D eigenvalue weighted by Gasteiger charge is 2.08. The number of ether oxygens (including phenoxy) is 1. The molecule has 0 unspecified atom stereocenters. The van der Waals surface area contributed by atoms with Crippen molar-refractivity contribution in [3.05, 3.63) is 75.5 Å². The molecule has 0 saturated carbocycles. The first-order chi connectivity index (χ1) is 12.0. The maximum absolute atomic E-state index is 13.5. The van der Waals surface area contributed by atoms with Gasteiger partial charge in [0.05, 0.1) is 10.7 Å². The normalized spacial score (nSPS) is 10.5. The fourth-order valence-electron chi connectivity index (χ4n) is 2.21. The third-order valence-corrected chi connectivity index (χ3v) is 4.42. The van der Waals surface area contributed by atoms with Crippen molar-refractivity contribution in [1.82, 2.24) is 4.98 Å². The number of anilines is 1. The lowest BCUT2D eigenvalue weighted by Gasteiger charge is -2.08. The summed E-state index contributed by atoms with van der Waals surface area (Å²) in [5.74, 6) is 0.00679. The number of carbonyl (C=O) groups is 1. The molecule has 0 saturated heterocycles. The van der Waals surface area contributed by atoms with Gasteiger partial charge in [0.1, 0.15) is 18.2 Å². The predicted molar refractivity (Wildman–Crippen MR) is 96.7 cm³/mol. The van der Waals surface area contributed by atoms with E-state index in [4.69, 9.17) is 4.74 Å². The van der Waals surface area contributed by atoms with E-state index in [-0.39, 0.29) is 11.7 Å². The van der Waals surface area contributed by atoms with Crippen LogP contribution in [0.2, 0.25) is 0 Å². The Hall–Kier alpha value is -2.73. The molecule has 0 aliphatic rings. The number of aromatic nitrogens is 1. The van der Waals surface area contributed by atoms with Crippen LogP contribution in [0.5, 0.6) is 5.75 Å². The Morgan fingerprint density at radius 2 is 1.96 bits per heavy atom. The zero-order valence-corrected chi connectivity index (χ0v) is 14.7. The minimum absolute atomic E-state index is 0.301. The molecule has 2 aromatic carbocycles. The molecule has 0 radical (unpaired) electrons. The van der Waals surface area contributed by atoms with Gasteiger partial charge in [0.25, 0.3) is 5.91 Å². The first-order valence-electron chi connectivity index (χ1n) is 7.72. The van der Waals surface area contributed by atoms with Crippen LogP contribution in [0.4, 0.5) is 10.1 Å². The molecule has 1 aromatic heterocycles. The number of halogens is 1. The molecular weight excluding hydrogens is 339 g/mol. The van der Waals surface area contributed by atoms with Gasteiger partial charge in [0.2, 0.25) is 0 Å². The lowest BCUT2D eigenvalue weighted by Crippen LogP contribution is -2.12. The van der Waals surface area contributed by atoms with Crippen LogP contribution in [0.1, 0.15) is 26.6 Å². The summed E-state index contributed by atoms with van der Waals surface area (Å²) in [6, 6.07) is 11.4. The molecule has 4 nitrogen and oxygen atoms in total. The van der Waals surface area contributed by atoms with Crippen LogP contribution in [0.15, 0.2) is 47.8 Å². The van der Waals surface area contributed by atoms with Crippen LogP contribution < -0.4 is 10.1 Å². The monoisotopic (exact) mass is 356 g/mol. The Balaban J connectivity index is 1.60. The molecule has 0 atom stereocenters. The number of carbonyl (C=O) groups excluding carboxylic acids is 1. The van der Waals surface area contributed by atoms with E-state index >= 15 is 0 Å². The first kappa shape index (κ1) is 17.1. The van der Waals surface area contributed by atoms with Crippen LogP contribution in [-0.2, 0) is 6.61 Å². The standard InChI is InChI=1S/C19H17FN2O2S/c1-12-3-6-15(9-18(12)20)22-19(23)14-4-7-17(8-5-14)24-10-16-11-25-13(2)21-16/h3-9,11H,10H2,1-2H3,(H,22,23). The molecule has 1 N–H and O–H groups in total. The fraction of sp³-hybridized carbons (Fsp3) is 0.158. The van der Waals surface area contributed by atoms with Crippen molar-refractivity contribution in [1.29, 1.82) is 0 Å². The fourth-order valence-corrected chi connectivity index (χ4v) is 2.81. The van der Waals surface area contributed by atoms with Crippen LogP contribution in [0, 0.1) is 19.7 Å². The van der Waals surface area contributed by atoms with E-state index in [1.165, 1.54) is 6.07 Å². The van der Waals surface area contributed by atoms with Crippen LogP contribution in [0.25, 0.3) is 0 Å². The Kier molecular flexibility index (Phi) is 5.09. The highest BCUT2D eigenvalue weighted by Crippen LogP contribution is 2.18. The van der Waals surface area contributed by atoms with Crippen LogP contribution in [0.3, 0.4) is 0 Å². The number of benzene rings is 2. The molecule has 3 aromatic rings. The Morgan fingerprint density at radius 3 is 2.60 bits per heavy atom.